The van der Waals surface area contributed by atoms with Crippen LogP contribution in [0.15, 0.2) is 49.1 Å². The second-order valence-corrected chi connectivity index (χ2v) is 8.17. The highest BCUT2D eigenvalue weighted by Gasteiger charge is 2.27. The molecule has 180 valence electrons. The van der Waals surface area contributed by atoms with Crippen molar-refractivity contribution in [2.45, 2.75) is 32.6 Å². The van der Waals surface area contributed by atoms with Crippen LogP contribution >= 0.6 is 0 Å². The molecule has 4 rings (SSSR count). The first kappa shape index (κ1) is 23.6. The summed E-state index contributed by atoms with van der Waals surface area (Å²) >= 11 is 0. The number of hydrogen-bond acceptors (Lipinski definition) is 5. The quantitative estimate of drug-likeness (QED) is 0.384. The van der Waals surface area contributed by atoms with E-state index in [2.05, 4.69) is 29.2 Å². The Hall–Kier alpha value is -3.53. The Morgan fingerprint density at radius 3 is 2.32 bits per heavy atom. The molecule has 0 bridgehead atoms. The average molecular weight is 473 g/mol. The first-order valence-corrected chi connectivity index (χ1v) is 10.7. The van der Waals surface area contributed by atoms with Crippen LogP contribution < -0.4 is 14.8 Å². The molecule has 2 aromatic carbocycles. The van der Waals surface area contributed by atoms with Crippen molar-refractivity contribution in [1.29, 1.82) is 0 Å². The number of nitrogens with zero attached hydrogens (tertiary/aromatic N) is 4. The molecule has 0 fully saturated rings. The highest BCUT2D eigenvalue weighted by Crippen LogP contribution is 2.34. The third kappa shape index (κ3) is 4.86. The van der Waals surface area contributed by atoms with E-state index in [9.17, 15) is 13.2 Å². The molecule has 0 saturated heterocycles. The van der Waals surface area contributed by atoms with E-state index in [0.29, 0.717) is 17.1 Å². The topological polar surface area (TPSA) is 66.1 Å². The van der Waals surface area contributed by atoms with Gasteiger partial charge in [0.25, 0.3) is 0 Å². The van der Waals surface area contributed by atoms with Gasteiger partial charge in [0.2, 0.25) is 0 Å². The molecule has 0 amide bonds. The summed E-state index contributed by atoms with van der Waals surface area (Å²) in [5.74, 6) is 0.840. The zero-order valence-corrected chi connectivity index (χ0v) is 19.3. The zero-order chi connectivity index (χ0) is 24.5. The summed E-state index contributed by atoms with van der Waals surface area (Å²) in [5, 5.41) is 6.80. The molecule has 4 aromatic rings. The average Bonchev–Trinajstić information content (AvgIpc) is 3.45. The number of ether oxygens (including phenoxy) is 2. The van der Waals surface area contributed by atoms with Gasteiger partial charge in [0.1, 0.15) is 17.8 Å². The maximum absolute atomic E-state index is 12.6. The molecule has 0 aliphatic heterocycles. The lowest BCUT2D eigenvalue weighted by atomic mass is 10.1. The van der Waals surface area contributed by atoms with Crippen molar-refractivity contribution in [3.8, 4) is 28.3 Å². The second-order valence-electron chi connectivity index (χ2n) is 8.17. The number of hydrogen-bond donors (Lipinski definition) is 1. The maximum atomic E-state index is 12.6. The molecule has 0 unspecified atom stereocenters. The van der Waals surface area contributed by atoms with E-state index in [1.165, 1.54) is 14.2 Å². The number of rotatable bonds is 8. The Bertz CT molecular complexity index is 1270. The summed E-state index contributed by atoms with van der Waals surface area (Å²) in [4.78, 5) is 4.55. The summed E-state index contributed by atoms with van der Waals surface area (Å²) in [7, 11) is 2.95. The Morgan fingerprint density at radius 1 is 1.03 bits per heavy atom. The minimum Gasteiger partial charge on any atom is -0.496 e. The Kier molecular flexibility index (Phi) is 6.52. The van der Waals surface area contributed by atoms with Crippen LogP contribution in [0.3, 0.4) is 0 Å². The maximum Gasteiger partial charge on any atom is 0.401 e. The number of imidazole rings is 1. The van der Waals surface area contributed by atoms with Gasteiger partial charge in [0, 0.05) is 36.5 Å². The van der Waals surface area contributed by atoms with Crippen LogP contribution in [-0.4, -0.2) is 46.3 Å². The molecule has 10 heteroatoms. The number of halogens is 3. The summed E-state index contributed by atoms with van der Waals surface area (Å²) in [6.45, 7) is 2.99. The summed E-state index contributed by atoms with van der Waals surface area (Å²) in [5.41, 5.74) is 4.90. The lowest BCUT2D eigenvalue weighted by molar-refractivity contribution is -0.125. The van der Waals surface area contributed by atoms with Gasteiger partial charge in [0.15, 0.2) is 0 Å². The third-order valence-electron chi connectivity index (χ3n) is 5.51. The van der Waals surface area contributed by atoms with Gasteiger partial charge in [-0.1, -0.05) is 6.07 Å². The first-order chi connectivity index (χ1) is 16.2. The molecule has 0 atom stereocenters. The van der Waals surface area contributed by atoms with Crippen molar-refractivity contribution in [1.82, 2.24) is 24.6 Å². The molecule has 2 heterocycles. The fourth-order valence-electron chi connectivity index (χ4n) is 3.78. The van der Waals surface area contributed by atoms with Crippen molar-refractivity contribution >= 4 is 11.0 Å². The SMILES string of the molecule is COc1cc(-n2cnc3cc(-c4cnn(C(C)C)c4)ccc32)cc(OC)c1CNCC(F)(F)F. The molecule has 7 nitrogen and oxygen atoms in total. The van der Waals surface area contributed by atoms with E-state index in [0.717, 1.165) is 27.8 Å². The molecule has 0 saturated carbocycles. The van der Waals surface area contributed by atoms with Crippen LogP contribution in [0.2, 0.25) is 0 Å². The first-order valence-electron chi connectivity index (χ1n) is 10.7. The van der Waals surface area contributed by atoms with Crippen LogP contribution in [0.25, 0.3) is 27.8 Å². The van der Waals surface area contributed by atoms with Gasteiger partial charge < -0.3 is 14.8 Å². The Morgan fingerprint density at radius 2 is 1.74 bits per heavy atom. The van der Waals surface area contributed by atoms with Gasteiger partial charge >= 0.3 is 6.18 Å². The van der Waals surface area contributed by atoms with Crippen LogP contribution in [-0.2, 0) is 6.54 Å². The molecule has 34 heavy (non-hydrogen) atoms. The van der Waals surface area contributed by atoms with Crippen molar-refractivity contribution < 1.29 is 22.6 Å². The van der Waals surface area contributed by atoms with Crippen LogP contribution in [0, 0.1) is 0 Å². The van der Waals surface area contributed by atoms with Gasteiger partial charge in [-0.05, 0) is 31.5 Å². The van der Waals surface area contributed by atoms with Crippen molar-refractivity contribution in [3.05, 3.63) is 54.6 Å². The Labute approximate surface area is 195 Å². The second kappa shape index (κ2) is 9.38. The minimum absolute atomic E-state index is 0.0514. The number of methoxy groups -OCH3 is 2. The molecule has 0 spiro atoms. The normalized spacial score (nSPS) is 12.0. The number of aromatic nitrogens is 4. The smallest absolute Gasteiger partial charge is 0.401 e. The highest BCUT2D eigenvalue weighted by atomic mass is 19.4. The third-order valence-corrected chi connectivity index (χ3v) is 5.51. The standard InChI is InChI=1S/C24H26F3N5O2/c1-15(2)32-12-17(10-30-32)16-5-6-21-20(7-16)29-14-31(21)18-8-22(33-3)19(23(9-18)34-4)11-28-13-24(25,26)27/h5-10,12,14-15,28H,11,13H2,1-4H3. The van der Waals surface area contributed by atoms with Crippen molar-refractivity contribution in [2.24, 2.45) is 0 Å². The molecular weight excluding hydrogens is 447 g/mol. The van der Waals surface area contributed by atoms with E-state index >= 15 is 0 Å². The van der Waals surface area contributed by atoms with E-state index in [-0.39, 0.29) is 12.6 Å². The van der Waals surface area contributed by atoms with Gasteiger partial charge in [0.05, 0.1) is 49.2 Å². The van der Waals surface area contributed by atoms with Crippen LogP contribution in [0.4, 0.5) is 13.2 Å². The highest BCUT2D eigenvalue weighted by molar-refractivity contribution is 5.83. The molecule has 2 aromatic heterocycles. The Balaban J connectivity index is 1.68. The predicted molar refractivity (Wildman–Crippen MR) is 124 cm³/mol. The number of alkyl halides is 3. The van der Waals surface area contributed by atoms with Crippen molar-refractivity contribution in [2.75, 3.05) is 20.8 Å². The molecular formula is C24H26F3N5O2. The van der Waals surface area contributed by atoms with Gasteiger partial charge in [-0.25, -0.2) is 4.98 Å². The van der Waals surface area contributed by atoms with E-state index in [1.807, 2.05) is 39.8 Å². The van der Waals surface area contributed by atoms with E-state index < -0.39 is 12.7 Å². The number of nitrogens with one attached hydrogen (secondary N) is 1. The summed E-state index contributed by atoms with van der Waals surface area (Å²) < 4.78 is 52.4. The van der Waals surface area contributed by atoms with Gasteiger partial charge in [-0.3, -0.25) is 9.25 Å². The molecule has 0 radical (unpaired) electrons. The number of fused-ring (bicyclic) bond motifs is 1. The van der Waals surface area contributed by atoms with Crippen LogP contribution in [0.1, 0.15) is 25.5 Å². The van der Waals surface area contributed by atoms with Crippen molar-refractivity contribution in [3.63, 3.8) is 0 Å². The summed E-state index contributed by atoms with van der Waals surface area (Å²) in [6, 6.07) is 9.77. The predicted octanol–water partition coefficient (Wildman–Crippen LogP) is 5.14. The molecule has 0 aliphatic carbocycles. The van der Waals surface area contributed by atoms with Gasteiger partial charge in [-0.15, -0.1) is 0 Å². The van der Waals surface area contributed by atoms with E-state index in [1.54, 1.807) is 18.5 Å². The molecule has 1 N–H and O–H groups in total. The zero-order valence-electron chi connectivity index (χ0n) is 19.3. The lowest BCUT2D eigenvalue weighted by Gasteiger charge is -2.17. The molecule has 0 aliphatic rings. The largest absolute Gasteiger partial charge is 0.496 e. The van der Waals surface area contributed by atoms with Gasteiger partial charge in [-0.2, -0.15) is 18.3 Å². The minimum atomic E-state index is -4.30. The monoisotopic (exact) mass is 473 g/mol. The lowest BCUT2D eigenvalue weighted by Crippen LogP contribution is -2.28. The summed E-state index contributed by atoms with van der Waals surface area (Å²) in [6.07, 6.45) is 1.23. The number of benzene rings is 2. The van der Waals surface area contributed by atoms with Crippen LogP contribution in [0.5, 0.6) is 11.5 Å². The van der Waals surface area contributed by atoms with E-state index in [4.69, 9.17) is 9.47 Å². The fraction of sp³-hybridized carbons (Fsp3) is 0.333. The fourth-order valence-corrected chi connectivity index (χ4v) is 3.78.